The molecule has 0 saturated heterocycles. The molecule has 46 heavy (non-hydrogen) atoms. The zero-order valence-electron chi connectivity index (χ0n) is 25.1. The summed E-state index contributed by atoms with van der Waals surface area (Å²) in [6, 6.07) is 58.9. The van der Waals surface area contributed by atoms with Crippen LogP contribution in [0.25, 0.3) is 44.5 Å². The molecule has 7 aromatic rings. The summed E-state index contributed by atoms with van der Waals surface area (Å²) in [4.78, 5) is 5.28. The highest BCUT2D eigenvalue weighted by Crippen LogP contribution is 2.52. The lowest BCUT2D eigenvalue weighted by atomic mass is 9.38. The second-order valence-corrected chi connectivity index (χ2v) is 12.8. The van der Waals surface area contributed by atoms with Crippen LogP contribution in [0.15, 0.2) is 158 Å². The van der Waals surface area contributed by atoms with Gasteiger partial charge in [0.2, 0.25) is 0 Å². The summed E-state index contributed by atoms with van der Waals surface area (Å²) >= 11 is 0. The van der Waals surface area contributed by atoms with Crippen molar-refractivity contribution >= 4 is 58.3 Å². The first-order valence-electron chi connectivity index (χ1n) is 16.2. The number of hydrogen-bond acceptors (Lipinski definition) is 2. The number of benzene rings is 7. The van der Waals surface area contributed by atoms with Crippen molar-refractivity contribution in [3.8, 4) is 44.5 Å². The maximum Gasteiger partial charge on any atom is 0.329 e. The second-order valence-electron chi connectivity index (χ2n) is 12.8. The van der Waals surface area contributed by atoms with E-state index in [1.54, 1.807) is 0 Å². The van der Waals surface area contributed by atoms with Crippen LogP contribution in [0.5, 0.6) is 0 Å². The van der Waals surface area contributed by atoms with E-state index in [1.807, 2.05) is 0 Å². The molecule has 210 valence electrons. The Bertz CT molecular complexity index is 2270. The summed E-state index contributed by atoms with van der Waals surface area (Å²) < 4.78 is 0. The highest BCUT2D eigenvalue weighted by Gasteiger charge is 2.50. The van der Waals surface area contributed by atoms with Gasteiger partial charge in [-0.15, -0.1) is 0 Å². The first kappa shape index (κ1) is 24.6. The van der Waals surface area contributed by atoms with Gasteiger partial charge in [-0.25, -0.2) is 0 Å². The second kappa shape index (κ2) is 8.93. The predicted molar refractivity (Wildman–Crippen MR) is 195 cm³/mol. The van der Waals surface area contributed by atoms with Gasteiger partial charge in [-0.3, -0.25) is 0 Å². The van der Waals surface area contributed by atoms with E-state index in [0.717, 1.165) is 0 Å². The van der Waals surface area contributed by atoms with E-state index in [2.05, 4.69) is 167 Å². The van der Waals surface area contributed by atoms with Gasteiger partial charge < -0.3 is 9.62 Å². The third-order valence-corrected chi connectivity index (χ3v) is 10.6. The molecule has 0 aliphatic carbocycles. The third-order valence-electron chi connectivity index (χ3n) is 10.6. The summed E-state index contributed by atoms with van der Waals surface area (Å²) in [6.45, 7) is 0.117. The maximum atomic E-state index is 2.65. The van der Waals surface area contributed by atoms with E-state index in [4.69, 9.17) is 0 Å². The summed E-state index contributed by atoms with van der Waals surface area (Å²) in [5, 5.41) is 0. The van der Waals surface area contributed by atoms with Crippen molar-refractivity contribution in [2.45, 2.75) is 0 Å². The molecule has 7 aromatic carbocycles. The molecule has 11 rings (SSSR count). The lowest BCUT2D eigenvalue weighted by Crippen LogP contribution is -2.65. The molecule has 0 amide bonds. The molecule has 4 heterocycles. The number of para-hydroxylation sites is 2. The van der Waals surface area contributed by atoms with E-state index in [9.17, 15) is 0 Å². The van der Waals surface area contributed by atoms with Crippen LogP contribution in [-0.2, 0) is 0 Å². The molecular weight excluding hydrogens is 554 g/mol. The summed E-state index contributed by atoms with van der Waals surface area (Å²) in [6.07, 6.45) is 0. The Labute approximate surface area is 269 Å². The van der Waals surface area contributed by atoms with Crippen molar-refractivity contribution in [1.29, 1.82) is 0 Å². The first-order valence-corrected chi connectivity index (χ1v) is 16.2. The third kappa shape index (κ3) is 3.04. The van der Waals surface area contributed by atoms with Gasteiger partial charge in [-0.2, -0.15) is 0 Å². The van der Waals surface area contributed by atoms with Gasteiger partial charge in [-0.05, 0) is 68.4 Å². The van der Waals surface area contributed by atoms with Crippen LogP contribution in [0.3, 0.4) is 0 Å². The summed E-state index contributed by atoms with van der Waals surface area (Å²) in [5.74, 6) is 0. The highest BCUT2D eigenvalue weighted by molar-refractivity contribution is 6.96. The predicted octanol–water partition coefficient (Wildman–Crippen LogP) is 7.50. The molecule has 0 spiro atoms. The van der Waals surface area contributed by atoms with E-state index < -0.39 is 0 Å². The Kier molecular flexibility index (Phi) is 4.77. The van der Waals surface area contributed by atoms with Crippen LogP contribution in [0, 0.1) is 0 Å². The average Bonchev–Trinajstić information content (AvgIpc) is 3.14. The molecular formula is C42H26B2N2. The number of rotatable bonds is 1. The van der Waals surface area contributed by atoms with Crippen LogP contribution >= 0.6 is 0 Å². The number of anilines is 4. The lowest BCUT2D eigenvalue weighted by Gasteiger charge is -2.50. The zero-order valence-corrected chi connectivity index (χ0v) is 25.1. The normalized spacial score (nSPS) is 13.9. The van der Waals surface area contributed by atoms with Gasteiger partial charge in [0.1, 0.15) is 0 Å². The number of hydrogen-bond donors (Lipinski definition) is 0. The van der Waals surface area contributed by atoms with Crippen LogP contribution in [-0.4, -0.2) is 13.7 Å². The van der Waals surface area contributed by atoms with Gasteiger partial charge in [-0.1, -0.05) is 133 Å². The Morgan fingerprint density at radius 2 is 0.783 bits per heavy atom. The standard InChI is InChI=1S/C42H26B2N2/c1-2-13-27(14-3-1)28-25-36-42-40(26-28)46-38-23-11-7-18-32(38)29-15-4-8-19-33(29)43(46)35-21-12-24-39(41(35)42)45-37-22-10-6-17-31(37)30-16-5-9-20-34(30)44(36)45/h1-26H. The Hall–Kier alpha value is -5.73. The number of nitrogens with zero attached hydrogens (tertiary/aromatic N) is 2. The average molecular weight is 580 g/mol. The fourth-order valence-corrected chi connectivity index (χ4v) is 8.87. The summed E-state index contributed by atoms with van der Waals surface area (Å²) in [5.41, 5.74) is 21.0. The highest BCUT2D eigenvalue weighted by atomic mass is 15.1. The Morgan fingerprint density at radius 3 is 1.46 bits per heavy atom. The molecule has 0 fully saturated rings. The van der Waals surface area contributed by atoms with E-state index in [0.29, 0.717) is 0 Å². The van der Waals surface area contributed by atoms with Gasteiger partial charge in [0.05, 0.1) is 0 Å². The van der Waals surface area contributed by atoms with Gasteiger partial charge >= 0.3 is 13.7 Å². The minimum absolute atomic E-state index is 0.0510. The maximum absolute atomic E-state index is 2.65. The van der Waals surface area contributed by atoms with E-state index in [1.165, 1.54) is 89.1 Å². The fourth-order valence-electron chi connectivity index (χ4n) is 8.87. The van der Waals surface area contributed by atoms with Gasteiger partial charge in [0.25, 0.3) is 0 Å². The zero-order chi connectivity index (χ0) is 29.9. The van der Waals surface area contributed by atoms with Crippen molar-refractivity contribution in [1.82, 2.24) is 0 Å². The SMILES string of the molecule is c1ccc(-c2cc3c4c(c2)N2B(c5ccccc5-c5ccccc52)c2cccc(c2-4)N2B3c3ccccc3-c3ccccc32)cc1. The van der Waals surface area contributed by atoms with E-state index in [-0.39, 0.29) is 13.7 Å². The monoisotopic (exact) mass is 580 g/mol. The van der Waals surface area contributed by atoms with Gasteiger partial charge in [0.15, 0.2) is 0 Å². The molecule has 0 bridgehead atoms. The minimum Gasteiger partial charge on any atom is -0.376 e. The molecule has 0 aromatic heterocycles. The van der Waals surface area contributed by atoms with Crippen LogP contribution < -0.4 is 31.5 Å². The molecule has 0 N–H and O–H groups in total. The topological polar surface area (TPSA) is 6.48 Å². The Balaban J connectivity index is 1.32. The molecule has 2 nitrogen and oxygen atoms in total. The van der Waals surface area contributed by atoms with Gasteiger partial charge in [0, 0.05) is 45.0 Å². The lowest BCUT2D eigenvalue weighted by molar-refractivity contribution is 1.31. The molecule has 0 atom stereocenters. The smallest absolute Gasteiger partial charge is 0.329 e. The molecule has 0 unspecified atom stereocenters. The van der Waals surface area contributed by atoms with Crippen LogP contribution in [0.4, 0.5) is 22.7 Å². The quantitative estimate of drug-likeness (QED) is 0.186. The fraction of sp³-hybridized carbons (Fsp3) is 0. The molecule has 4 heteroatoms. The minimum atomic E-state index is 0.0510. The summed E-state index contributed by atoms with van der Waals surface area (Å²) in [7, 11) is 0. The van der Waals surface area contributed by atoms with Crippen molar-refractivity contribution < 1.29 is 0 Å². The molecule has 0 radical (unpaired) electrons. The van der Waals surface area contributed by atoms with Crippen molar-refractivity contribution in [3.63, 3.8) is 0 Å². The van der Waals surface area contributed by atoms with E-state index >= 15 is 0 Å². The number of fused-ring (bicyclic) bond motifs is 16. The molecule has 4 aliphatic rings. The van der Waals surface area contributed by atoms with Crippen LogP contribution in [0.1, 0.15) is 0 Å². The Morgan fingerprint density at radius 1 is 0.304 bits per heavy atom. The van der Waals surface area contributed by atoms with Crippen molar-refractivity contribution in [2.24, 2.45) is 0 Å². The van der Waals surface area contributed by atoms with Crippen molar-refractivity contribution in [3.05, 3.63) is 158 Å². The molecule has 4 aliphatic heterocycles. The van der Waals surface area contributed by atoms with Crippen molar-refractivity contribution in [2.75, 3.05) is 9.62 Å². The first-order chi connectivity index (χ1) is 22.9. The largest absolute Gasteiger partial charge is 0.376 e. The van der Waals surface area contributed by atoms with Crippen LogP contribution in [0.2, 0.25) is 0 Å². The molecule has 0 saturated carbocycles.